The van der Waals surface area contributed by atoms with Crippen LogP contribution >= 0.6 is 0 Å². The van der Waals surface area contributed by atoms with Gasteiger partial charge in [0.2, 0.25) is 11.8 Å². The van der Waals surface area contributed by atoms with Gasteiger partial charge < -0.3 is 15.6 Å². The molecule has 2 amide bonds. The maximum absolute atomic E-state index is 12.0. The van der Waals surface area contributed by atoms with Gasteiger partial charge in [-0.05, 0) is 31.9 Å². The molecule has 0 radical (unpaired) electrons. The molecule has 0 saturated carbocycles. The second-order valence-electron chi connectivity index (χ2n) is 4.94. The van der Waals surface area contributed by atoms with Crippen molar-refractivity contribution >= 4 is 11.8 Å². The number of pyridine rings is 1. The summed E-state index contributed by atoms with van der Waals surface area (Å²) in [5, 5.41) is 5.22. The molecular weight excluding hydrogens is 270 g/mol. The van der Waals surface area contributed by atoms with Gasteiger partial charge >= 0.3 is 0 Å². The van der Waals surface area contributed by atoms with Crippen LogP contribution in [-0.4, -0.2) is 22.8 Å². The van der Waals surface area contributed by atoms with E-state index in [4.69, 9.17) is 0 Å². The first-order chi connectivity index (χ1) is 9.85. The normalized spacial score (nSPS) is 11.6. The lowest BCUT2D eigenvalue weighted by atomic mass is 10.1. The highest BCUT2D eigenvalue weighted by Crippen LogP contribution is 2.03. The SMILES string of the molecule is C=CCC(NC(C)=O)C(=O)NCc1c(C)cc(C)[nH]c1=O. The number of hydrogen-bond donors (Lipinski definition) is 3. The highest BCUT2D eigenvalue weighted by atomic mass is 16.2. The number of aromatic amines is 1. The standard InChI is InChI=1S/C15H21N3O3/c1-5-6-13(18-11(4)19)15(21)16-8-12-9(2)7-10(3)17-14(12)20/h5,7,13H,1,6,8H2,2-4H3,(H,16,21)(H,17,20)(H,18,19). The Kier molecular flexibility index (Phi) is 5.90. The number of aromatic nitrogens is 1. The lowest BCUT2D eigenvalue weighted by Gasteiger charge is -2.16. The number of nitrogens with one attached hydrogen (secondary N) is 3. The first kappa shape index (κ1) is 16.7. The molecule has 1 unspecified atom stereocenters. The van der Waals surface area contributed by atoms with Crippen LogP contribution in [0.25, 0.3) is 0 Å². The Balaban J connectivity index is 2.77. The molecule has 21 heavy (non-hydrogen) atoms. The highest BCUT2D eigenvalue weighted by molar-refractivity contribution is 5.86. The fourth-order valence-corrected chi connectivity index (χ4v) is 2.04. The van der Waals surface area contributed by atoms with Crippen molar-refractivity contribution in [3.05, 3.63) is 45.9 Å². The van der Waals surface area contributed by atoms with E-state index in [9.17, 15) is 14.4 Å². The van der Waals surface area contributed by atoms with Gasteiger partial charge in [-0.25, -0.2) is 0 Å². The van der Waals surface area contributed by atoms with E-state index >= 15 is 0 Å². The molecule has 0 aromatic carbocycles. The minimum Gasteiger partial charge on any atom is -0.350 e. The van der Waals surface area contributed by atoms with Crippen LogP contribution in [0.15, 0.2) is 23.5 Å². The largest absolute Gasteiger partial charge is 0.350 e. The van der Waals surface area contributed by atoms with Crippen molar-refractivity contribution < 1.29 is 9.59 Å². The Bertz CT molecular complexity index is 605. The lowest BCUT2D eigenvalue weighted by molar-refractivity contribution is -0.128. The molecule has 6 nitrogen and oxygen atoms in total. The van der Waals surface area contributed by atoms with Crippen LogP contribution in [0.5, 0.6) is 0 Å². The monoisotopic (exact) mass is 291 g/mol. The van der Waals surface area contributed by atoms with Crippen molar-refractivity contribution in [1.29, 1.82) is 0 Å². The van der Waals surface area contributed by atoms with Crippen LogP contribution in [0.2, 0.25) is 0 Å². The van der Waals surface area contributed by atoms with Gasteiger partial charge in [-0.1, -0.05) is 6.08 Å². The zero-order valence-corrected chi connectivity index (χ0v) is 12.6. The van der Waals surface area contributed by atoms with E-state index in [-0.39, 0.29) is 23.9 Å². The number of carbonyl (C=O) groups is 2. The minimum absolute atomic E-state index is 0.119. The molecule has 1 rings (SSSR count). The summed E-state index contributed by atoms with van der Waals surface area (Å²) in [7, 11) is 0. The second-order valence-corrected chi connectivity index (χ2v) is 4.94. The van der Waals surface area contributed by atoms with Gasteiger partial charge in [0.05, 0.1) is 0 Å². The van der Waals surface area contributed by atoms with Gasteiger partial charge in [-0.2, -0.15) is 0 Å². The third kappa shape index (κ3) is 4.91. The van der Waals surface area contributed by atoms with Crippen molar-refractivity contribution in [2.24, 2.45) is 0 Å². The molecule has 1 atom stereocenters. The number of hydrogen-bond acceptors (Lipinski definition) is 3. The van der Waals surface area contributed by atoms with Crippen molar-refractivity contribution in [1.82, 2.24) is 15.6 Å². The molecule has 0 aliphatic carbocycles. The van der Waals surface area contributed by atoms with Crippen LogP contribution in [0.4, 0.5) is 0 Å². The van der Waals surface area contributed by atoms with Crippen molar-refractivity contribution in [2.75, 3.05) is 0 Å². The van der Waals surface area contributed by atoms with E-state index in [1.165, 1.54) is 6.92 Å². The molecule has 0 spiro atoms. The van der Waals surface area contributed by atoms with E-state index in [0.29, 0.717) is 12.0 Å². The summed E-state index contributed by atoms with van der Waals surface area (Å²) in [6.07, 6.45) is 1.89. The van der Waals surface area contributed by atoms with Crippen molar-refractivity contribution in [2.45, 2.75) is 39.8 Å². The number of amides is 2. The van der Waals surface area contributed by atoms with E-state index in [1.807, 2.05) is 13.0 Å². The molecule has 0 fully saturated rings. The average molecular weight is 291 g/mol. The van der Waals surface area contributed by atoms with Crippen LogP contribution in [0.1, 0.15) is 30.2 Å². The van der Waals surface area contributed by atoms with E-state index in [0.717, 1.165) is 11.3 Å². The summed E-state index contributed by atoms with van der Waals surface area (Å²) in [4.78, 5) is 37.7. The minimum atomic E-state index is -0.676. The predicted octanol–water partition coefficient (Wildman–Crippen LogP) is 0.689. The second kappa shape index (κ2) is 7.42. The maximum Gasteiger partial charge on any atom is 0.253 e. The topological polar surface area (TPSA) is 91.1 Å². The Hall–Kier alpha value is -2.37. The van der Waals surface area contributed by atoms with Crippen molar-refractivity contribution in [3.8, 4) is 0 Å². The first-order valence-electron chi connectivity index (χ1n) is 6.70. The molecule has 3 N–H and O–H groups in total. The summed E-state index contributed by atoms with van der Waals surface area (Å²) in [5.41, 5.74) is 1.88. The smallest absolute Gasteiger partial charge is 0.253 e. The lowest BCUT2D eigenvalue weighted by Crippen LogP contribution is -2.46. The molecule has 0 aliphatic heterocycles. The molecular formula is C15H21N3O3. The Labute approximate surface area is 123 Å². The van der Waals surface area contributed by atoms with Gasteiger partial charge in [-0.3, -0.25) is 14.4 Å². The fraction of sp³-hybridized carbons (Fsp3) is 0.400. The number of aryl methyl sites for hydroxylation is 2. The van der Waals surface area contributed by atoms with Crippen LogP contribution in [0.3, 0.4) is 0 Å². The molecule has 114 valence electrons. The maximum atomic E-state index is 12.0. The summed E-state index contributed by atoms with van der Waals surface area (Å²) in [6, 6.07) is 1.17. The van der Waals surface area contributed by atoms with Gasteiger partial charge in [0, 0.05) is 24.7 Å². The van der Waals surface area contributed by atoms with Crippen LogP contribution < -0.4 is 16.2 Å². The van der Waals surface area contributed by atoms with E-state index < -0.39 is 6.04 Å². The highest BCUT2D eigenvalue weighted by Gasteiger charge is 2.18. The molecule has 1 aromatic rings. The molecule has 0 bridgehead atoms. The Morgan fingerprint density at radius 3 is 2.62 bits per heavy atom. The molecule has 1 heterocycles. The van der Waals surface area contributed by atoms with Crippen molar-refractivity contribution in [3.63, 3.8) is 0 Å². The zero-order chi connectivity index (χ0) is 16.0. The van der Waals surface area contributed by atoms with Gasteiger partial charge in [0.1, 0.15) is 6.04 Å². The third-order valence-corrected chi connectivity index (χ3v) is 3.03. The summed E-state index contributed by atoms with van der Waals surface area (Å²) >= 11 is 0. The number of carbonyl (C=O) groups excluding carboxylic acids is 2. The van der Waals surface area contributed by atoms with Gasteiger partial charge in [-0.15, -0.1) is 6.58 Å². The summed E-state index contributed by atoms with van der Waals surface area (Å²) in [5.74, 6) is -0.633. The zero-order valence-electron chi connectivity index (χ0n) is 12.6. The molecule has 0 saturated heterocycles. The molecule has 6 heteroatoms. The quantitative estimate of drug-likeness (QED) is 0.673. The average Bonchev–Trinajstić information content (AvgIpc) is 2.36. The van der Waals surface area contributed by atoms with Crippen LogP contribution in [0, 0.1) is 13.8 Å². The molecule has 1 aromatic heterocycles. The summed E-state index contributed by atoms with van der Waals surface area (Å²) in [6.45, 7) is 8.64. The number of rotatable bonds is 6. The number of H-pyrrole nitrogens is 1. The van der Waals surface area contributed by atoms with Crippen LogP contribution in [-0.2, 0) is 16.1 Å². The third-order valence-electron chi connectivity index (χ3n) is 3.03. The Morgan fingerprint density at radius 1 is 1.43 bits per heavy atom. The summed E-state index contributed by atoms with van der Waals surface area (Å²) < 4.78 is 0. The molecule has 0 aliphatic rings. The van der Waals surface area contributed by atoms with Gasteiger partial charge in [0.15, 0.2) is 0 Å². The van der Waals surface area contributed by atoms with E-state index in [1.54, 1.807) is 13.0 Å². The Morgan fingerprint density at radius 2 is 2.10 bits per heavy atom. The predicted molar refractivity (Wildman–Crippen MR) is 80.8 cm³/mol. The van der Waals surface area contributed by atoms with Gasteiger partial charge in [0.25, 0.3) is 5.56 Å². The first-order valence-corrected chi connectivity index (χ1v) is 6.70. The van der Waals surface area contributed by atoms with E-state index in [2.05, 4.69) is 22.2 Å². The fourth-order valence-electron chi connectivity index (χ4n) is 2.04.